The summed E-state index contributed by atoms with van der Waals surface area (Å²) in [6, 6.07) is 0.451. The monoisotopic (exact) mass is 307 g/mol. The maximum atomic E-state index is 12.8. The Bertz CT molecular complexity index is 330. The molecule has 2 N–H and O–H groups in total. The van der Waals surface area contributed by atoms with Gasteiger partial charge in [0.1, 0.15) is 0 Å². The van der Waals surface area contributed by atoms with Crippen LogP contribution in [0.15, 0.2) is 0 Å². The topological polar surface area (TPSA) is 32.5 Å². The van der Waals surface area contributed by atoms with Crippen molar-refractivity contribution in [3.63, 3.8) is 0 Å². The maximum absolute atomic E-state index is 12.8. The smallest absolute Gasteiger partial charge is 0.329 e. The second-order valence-electron chi connectivity index (χ2n) is 6.89. The van der Waals surface area contributed by atoms with E-state index in [4.69, 9.17) is 5.73 Å². The quantitative estimate of drug-likeness (QED) is 0.869. The number of rotatable bonds is 3. The maximum Gasteiger partial charge on any atom is 0.391 e. The number of hydrogen-bond acceptors (Lipinski definition) is 3. The van der Waals surface area contributed by atoms with Gasteiger partial charge in [0, 0.05) is 18.1 Å². The lowest BCUT2D eigenvalue weighted by atomic mass is 9.74. The first-order valence-corrected chi connectivity index (χ1v) is 7.97. The lowest BCUT2D eigenvalue weighted by Crippen LogP contribution is -2.59. The van der Waals surface area contributed by atoms with E-state index in [9.17, 15) is 13.2 Å². The van der Waals surface area contributed by atoms with Crippen molar-refractivity contribution in [2.75, 3.05) is 33.7 Å². The van der Waals surface area contributed by atoms with Crippen molar-refractivity contribution in [3.05, 3.63) is 0 Å². The van der Waals surface area contributed by atoms with Gasteiger partial charge in [-0.2, -0.15) is 13.2 Å². The van der Waals surface area contributed by atoms with Crippen LogP contribution >= 0.6 is 0 Å². The molecule has 0 aromatic carbocycles. The van der Waals surface area contributed by atoms with Crippen molar-refractivity contribution in [2.45, 2.75) is 56.3 Å². The molecule has 21 heavy (non-hydrogen) atoms. The summed E-state index contributed by atoms with van der Waals surface area (Å²) in [7, 11) is 4.18. The first kappa shape index (κ1) is 17.0. The first-order valence-electron chi connectivity index (χ1n) is 7.97. The molecule has 2 aliphatic rings. The van der Waals surface area contributed by atoms with Crippen molar-refractivity contribution in [1.82, 2.24) is 9.80 Å². The van der Waals surface area contributed by atoms with Crippen LogP contribution < -0.4 is 5.73 Å². The van der Waals surface area contributed by atoms with Gasteiger partial charge in [-0.25, -0.2) is 0 Å². The van der Waals surface area contributed by atoms with Crippen LogP contribution in [0.2, 0.25) is 0 Å². The fourth-order valence-electron chi connectivity index (χ4n) is 3.95. The fourth-order valence-corrected chi connectivity index (χ4v) is 3.95. The Kier molecular flexibility index (Phi) is 5.21. The molecule has 0 unspecified atom stereocenters. The Morgan fingerprint density at radius 1 is 1.14 bits per heavy atom. The van der Waals surface area contributed by atoms with Gasteiger partial charge in [0.2, 0.25) is 0 Å². The Balaban J connectivity index is 1.99. The third-order valence-electron chi connectivity index (χ3n) is 5.74. The van der Waals surface area contributed by atoms with Crippen LogP contribution in [0.4, 0.5) is 13.2 Å². The summed E-state index contributed by atoms with van der Waals surface area (Å²) in [5.41, 5.74) is 5.76. The van der Waals surface area contributed by atoms with Gasteiger partial charge in [0.25, 0.3) is 0 Å². The van der Waals surface area contributed by atoms with E-state index in [0.29, 0.717) is 25.4 Å². The normalized spacial score (nSPS) is 33.6. The number of piperidine rings is 1. The number of halogens is 3. The first-order chi connectivity index (χ1) is 9.78. The third kappa shape index (κ3) is 3.71. The minimum absolute atomic E-state index is 0.220. The zero-order chi connectivity index (χ0) is 15.7. The molecule has 6 heteroatoms. The Hall–Kier alpha value is -0.330. The molecule has 124 valence electrons. The number of hydrogen-bond donors (Lipinski definition) is 1. The van der Waals surface area contributed by atoms with Gasteiger partial charge in [0.15, 0.2) is 0 Å². The number of nitrogens with two attached hydrogens (primary N) is 1. The van der Waals surface area contributed by atoms with E-state index in [0.717, 1.165) is 25.9 Å². The number of nitrogens with zero attached hydrogens (tertiary/aromatic N) is 2. The average Bonchev–Trinajstić information content (AvgIpc) is 2.46. The molecule has 2 rings (SSSR count). The molecule has 0 aromatic heterocycles. The van der Waals surface area contributed by atoms with E-state index in [2.05, 4.69) is 23.9 Å². The highest BCUT2D eigenvalue weighted by atomic mass is 19.4. The Morgan fingerprint density at radius 2 is 1.67 bits per heavy atom. The van der Waals surface area contributed by atoms with Gasteiger partial charge < -0.3 is 10.6 Å². The molecule has 1 heterocycles. The van der Waals surface area contributed by atoms with Crippen LogP contribution in [-0.4, -0.2) is 61.3 Å². The Labute approximate surface area is 125 Å². The lowest BCUT2D eigenvalue weighted by molar-refractivity contribution is -0.189. The molecule has 1 saturated heterocycles. The van der Waals surface area contributed by atoms with Crippen molar-refractivity contribution in [2.24, 2.45) is 11.7 Å². The van der Waals surface area contributed by atoms with E-state index in [1.54, 1.807) is 0 Å². The Morgan fingerprint density at radius 3 is 2.10 bits per heavy atom. The fraction of sp³-hybridized carbons (Fsp3) is 1.00. The summed E-state index contributed by atoms with van der Waals surface area (Å²) in [4.78, 5) is 4.62. The molecule has 0 atom stereocenters. The SMILES string of the molecule is CN1CCC(N(C)C2(CN)CCC(C(F)(F)F)CC2)CC1. The molecule has 0 amide bonds. The van der Waals surface area contributed by atoms with Gasteiger partial charge in [0.05, 0.1) is 5.92 Å². The van der Waals surface area contributed by atoms with E-state index in [1.807, 2.05) is 0 Å². The van der Waals surface area contributed by atoms with Crippen LogP contribution in [0.25, 0.3) is 0 Å². The van der Waals surface area contributed by atoms with Gasteiger partial charge in [-0.05, 0) is 65.7 Å². The van der Waals surface area contributed by atoms with Crippen LogP contribution in [-0.2, 0) is 0 Å². The summed E-state index contributed by atoms with van der Waals surface area (Å²) in [6.45, 7) is 2.57. The van der Waals surface area contributed by atoms with E-state index in [-0.39, 0.29) is 18.4 Å². The zero-order valence-corrected chi connectivity index (χ0v) is 13.1. The summed E-state index contributed by atoms with van der Waals surface area (Å²) in [6.07, 6.45) is -0.315. The highest BCUT2D eigenvalue weighted by Crippen LogP contribution is 2.43. The summed E-state index contributed by atoms with van der Waals surface area (Å²) >= 11 is 0. The molecule has 1 saturated carbocycles. The summed E-state index contributed by atoms with van der Waals surface area (Å²) in [5.74, 6) is -1.14. The number of likely N-dealkylation sites (N-methyl/N-ethyl adjacent to an activating group) is 1. The molecular weight excluding hydrogens is 279 g/mol. The van der Waals surface area contributed by atoms with E-state index < -0.39 is 12.1 Å². The molecule has 0 spiro atoms. The second-order valence-corrected chi connectivity index (χ2v) is 6.89. The molecule has 2 fully saturated rings. The minimum atomic E-state index is -4.05. The lowest BCUT2D eigenvalue weighted by Gasteiger charge is -2.50. The molecule has 0 bridgehead atoms. The average molecular weight is 307 g/mol. The zero-order valence-electron chi connectivity index (χ0n) is 13.1. The molecule has 0 aromatic rings. The molecule has 0 radical (unpaired) electrons. The molecule has 1 aliphatic heterocycles. The van der Waals surface area contributed by atoms with Crippen molar-refractivity contribution < 1.29 is 13.2 Å². The largest absolute Gasteiger partial charge is 0.391 e. The van der Waals surface area contributed by atoms with Gasteiger partial charge in [-0.3, -0.25) is 4.90 Å². The number of alkyl halides is 3. The van der Waals surface area contributed by atoms with E-state index in [1.165, 1.54) is 0 Å². The predicted octanol–water partition coefficient (Wildman–Crippen LogP) is 2.46. The third-order valence-corrected chi connectivity index (χ3v) is 5.74. The van der Waals surface area contributed by atoms with Crippen molar-refractivity contribution in [1.29, 1.82) is 0 Å². The predicted molar refractivity (Wildman–Crippen MR) is 78.1 cm³/mol. The van der Waals surface area contributed by atoms with Crippen LogP contribution in [0.1, 0.15) is 38.5 Å². The van der Waals surface area contributed by atoms with Crippen molar-refractivity contribution >= 4 is 0 Å². The highest BCUT2D eigenvalue weighted by Gasteiger charge is 2.47. The molecule has 3 nitrogen and oxygen atoms in total. The van der Waals surface area contributed by atoms with Crippen LogP contribution in [0, 0.1) is 5.92 Å². The van der Waals surface area contributed by atoms with Gasteiger partial charge in [-0.15, -0.1) is 0 Å². The number of likely N-dealkylation sites (tertiary alicyclic amines) is 1. The van der Waals surface area contributed by atoms with E-state index >= 15 is 0 Å². The summed E-state index contributed by atoms with van der Waals surface area (Å²) in [5, 5.41) is 0. The second kappa shape index (κ2) is 6.42. The van der Waals surface area contributed by atoms with Crippen LogP contribution in [0.3, 0.4) is 0 Å². The minimum Gasteiger partial charge on any atom is -0.329 e. The molecular formula is C15H28F3N3. The standard InChI is InChI=1S/C15H28F3N3/c1-20-9-5-13(6-10-20)21(2)14(11-19)7-3-12(4-8-14)15(16,17)18/h12-13H,3-11,19H2,1-2H3. The van der Waals surface area contributed by atoms with Crippen LogP contribution in [0.5, 0.6) is 0 Å². The van der Waals surface area contributed by atoms with Crippen molar-refractivity contribution in [3.8, 4) is 0 Å². The summed E-state index contributed by atoms with van der Waals surface area (Å²) < 4.78 is 38.5. The highest BCUT2D eigenvalue weighted by molar-refractivity contribution is 4.98. The van der Waals surface area contributed by atoms with Gasteiger partial charge in [-0.1, -0.05) is 0 Å². The van der Waals surface area contributed by atoms with Gasteiger partial charge >= 0.3 is 6.18 Å². The molecule has 1 aliphatic carbocycles.